The molecule has 0 saturated carbocycles. The van der Waals surface area contributed by atoms with Crippen molar-refractivity contribution in [2.45, 2.75) is 16.5 Å². The van der Waals surface area contributed by atoms with Gasteiger partial charge < -0.3 is 9.15 Å². The van der Waals surface area contributed by atoms with Crippen LogP contribution in [-0.2, 0) is 11.6 Å². The topological polar surface area (TPSA) is 35.3 Å². The Morgan fingerprint density at radius 2 is 2.35 bits per heavy atom. The van der Waals surface area contributed by atoms with Gasteiger partial charge in [0.1, 0.15) is 5.76 Å². The highest BCUT2D eigenvalue weighted by Gasteiger charge is 2.10. The molecule has 0 unspecified atom stereocenters. The second-order valence-corrected chi connectivity index (χ2v) is 4.58. The first-order valence-electron chi connectivity index (χ1n) is 5.08. The predicted molar refractivity (Wildman–Crippen MR) is 68.6 cm³/mol. The third-order valence-corrected chi connectivity index (χ3v) is 3.54. The minimum Gasteiger partial charge on any atom is -0.494 e. The molecule has 0 N–H and O–H groups in total. The van der Waals surface area contributed by atoms with E-state index in [0.717, 1.165) is 27.9 Å². The van der Waals surface area contributed by atoms with Crippen LogP contribution in [0.1, 0.15) is 11.5 Å². The SMILES string of the molecule is COc1c(SCc2ccco2)ccnc1CCl. The lowest BCUT2D eigenvalue weighted by Gasteiger charge is -2.09. The minimum atomic E-state index is 0.346. The number of ether oxygens (including phenoxy) is 1. The lowest BCUT2D eigenvalue weighted by atomic mass is 10.3. The molecule has 5 heteroatoms. The average Bonchev–Trinajstić information content (AvgIpc) is 2.88. The zero-order chi connectivity index (χ0) is 12.1. The standard InChI is InChI=1S/C12H12ClNO2S/c1-15-12-10(7-13)14-5-4-11(12)17-8-9-3-2-6-16-9/h2-6H,7-8H2,1H3. The van der Waals surface area contributed by atoms with E-state index in [4.69, 9.17) is 20.8 Å². The highest BCUT2D eigenvalue weighted by Crippen LogP contribution is 2.33. The monoisotopic (exact) mass is 269 g/mol. The lowest BCUT2D eigenvalue weighted by Crippen LogP contribution is -1.95. The van der Waals surface area contributed by atoms with Crippen LogP contribution in [0.15, 0.2) is 40.0 Å². The van der Waals surface area contributed by atoms with Gasteiger partial charge >= 0.3 is 0 Å². The largest absolute Gasteiger partial charge is 0.494 e. The molecule has 2 rings (SSSR count). The summed E-state index contributed by atoms with van der Waals surface area (Å²) in [5.74, 6) is 2.79. The molecule has 0 aliphatic heterocycles. The van der Waals surface area contributed by atoms with Crippen LogP contribution in [0, 0.1) is 0 Å². The Bertz CT molecular complexity index is 473. The van der Waals surface area contributed by atoms with E-state index < -0.39 is 0 Å². The van der Waals surface area contributed by atoms with Crippen LogP contribution < -0.4 is 4.74 Å². The number of thioether (sulfide) groups is 1. The van der Waals surface area contributed by atoms with Crippen molar-refractivity contribution in [1.82, 2.24) is 4.98 Å². The summed E-state index contributed by atoms with van der Waals surface area (Å²) in [7, 11) is 1.63. The Morgan fingerprint density at radius 1 is 1.47 bits per heavy atom. The van der Waals surface area contributed by atoms with Crippen LogP contribution in [0.5, 0.6) is 5.75 Å². The average molecular weight is 270 g/mol. The first kappa shape index (κ1) is 12.3. The normalized spacial score (nSPS) is 10.5. The van der Waals surface area contributed by atoms with Gasteiger partial charge in [-0.05, 0) is 18.2 Å². The number of aromatic nitrogens is 1. The van der Waals surface area contributed by atoms with Gasteiger partial charge in [-0.15, -0.1) is 23.4 Å². The molecule has 2 aromatic heterocycles. The summed E-state index contributed by atoms with van der Waals surface area (Å²) in [6.45, 7) is 0. The highest BCUT2D eigenvalue weighted by atomic mass is 35.5. The van der Waals surface area contributed by atoms with Crippen LogP contribution in [0.3, 0.4) is 0 Å². The van der Waals surface area contributed by atoms with Gasteiger partial charge in [-0.3, -0.25) is 4.98 Å². The molecule has 0 aliphatic carbocycles. The molecular weight excluding hydrogens is 258 g/mol. The molecule has 3 nitrogen and oxygen atoms in total. The molecule has 0 bridgehead atoms. The summed E-state index contributed by atoms with van der Waals surface area (Å²) in [4.78, 5) is 5.20. The van der Waals surface area contributed by atoms with Crippen molar-refractivity contribution in [2.75, 3.05) is 7.11 Å². The maximum atomic E-state index is 5.81. The predicted octanol–water partition coefficient (Wildman–Crippen LogP) is 3.71. The number of rotatable bonds is 5. The Balaban J connectivity index is 2.14. The van der Waals surface area contributed by atoms with E-state index >= 15 is 0 Å². The number of nitrogens with zero attached hydrogens (tertiary/aromatic N) is 1. The number of methoxy groups -OCH3 is 1. The van der Waals surface area contributed by atoms with E-state index in [-0.39, 0.29) is 0 Å². The molecule has 0 aromatic carbocycles. The van der Waals surface area contributed by atoms with Crippen molar-refractivity contribution < 1.29 is 9.15 Å². The zero-order valence-electron chi connectivity index (χ0n) is 9.35. The highest BCUT2D eigenvalue weighted by molar-refractivity contribution is 7.98. The zero-order valence-corrected chi connectivity index (χ0v) is 10.9. The van der Waals surface area contributed by atoms with Crippen molar-refractivity contribution in [1.29, 1.82) is 0 Å². The summed E-state index contributed by atoms with van der Waals surface area (Å²) in [6.07, 6.45) is 3.41. The summed E-state index contributed by atoms with van der Waals surface area (Å²) in [5.41, 5.74) is 0.763. The van der Waals surface area contributed by atoms with Crippen LogP contribution in [0.2, 0.25) is 0 Å². The third kappa shape index (κ3) is 2.96. The molecule has 90 valence electrons. The number of pyridine rings is 1. The third-order valence-electron chi connectivity index (χ3n) is 2.22. The van der Waals surface area contributed by atoms with Gasteiger partial charge in [0, 0.05) is 6.20 Å². The van der Waals surface area contributed by atoms with E-state index in [1.54, 1.807) is 31.3 Å². The number of hydrogen-bond donors (Lipinski definition) is 0. The second-order valence-electron chi connectivity index (χ2n) is 3.29. The van der Waals surface area contributed by atoms with E-state index in [1.165, 1.54) is 0 Å². The summed E-state index contributed by atoms with van der Waals surface area (Å²) in [6, 6.07) is 5.75. The van der Waals surface area contributed by atoms with Crippen LogP contribution in [0.25, 0.3) is 0 Å². The van der Waals surface area contributed by atoms with Gasteiger partial charge in [0.25, 0.3) is 0 Å². The molecule has 0 aliphatic rings. The molecule has 0 atom stereocenters. The number of hydrogen-bond acceptors (Lipinski definition) is 4. The smallest absolute Gasteiger partial charge is 0.155 e. The van der Waals surface area contributed by atoms with Crippen molar-refractivity contribution in [3.8, 4) is 5.75 Å². The number of furan rings is 1. The molecule has 0 saturated heterocycles. The lowest BCUT2D eigenvalue weighted by molar-refractivity contribution is 0.398. The fourth-order valence-electron chi connectivity index (χ4n) is 1.44. The Kier molecular flexibility index (Phi) is 4.34. The molecule has 0 radical (unpaired) electrons. The Hall–Kier alpha value is -1.13. The molecule has 0 fully saturated rings. The first-order valence-corrected chi connectivity index (χ1v) is 6.60. The van der Waals surface area contributed by atoms with Crippen molar-refractivity contribution in [3.05, 3.63) is 42.1 Å². The van der Waals surface area contributed by atoms with E-state index in [2.05, 4.69) is 4.98 Å². The van der Waals surface area contributed by atoms with E-state index in [1.807, 2.05) is 18.2 Å². The molecule has 17 heavy (non-hydrogen) atoms. The molecule has 2 aromatic rings. The molecule has 0 amide bonds. The van der Waals surface area contributed by atoms with Crippen molar-refractivity contribution in [3.63, 3.8) is 0 Å². The summed E-state index contributed by atoms with van der Waals surface area (Å²) < 4.78 is 10.6. The molecule has 2 heterocycles. The second kappa shape index (κ2) is 5.98. The quantitative estimate of drug-likeness (QED) is 0.612. The van der Waals surface area contributed by atoms with Gasteiger partial charge in [-0.25, -0.2) is 0 Å². The molecule has 0 spiro atoms. The number of alkyl halides is 1. The maximum Gasteiger partial charge on any atom is 0.155 e. The van der Waals surface area contributed by atoms with Crippen molar-refractivity contribution >= 4 is 23.4 Å². The van der Waals surface area contributed by atoms with Gasteiger partial charge in [0.15, 0.2) is 5.75 Å². The fraction of sp³-hybridized carbons (Fsp3) is 0.250. The van der Waals surface area contributed by atoms with Gasteiger partial charge in [-0.1, -0.05) is 0 Å². The maximum absolute atomic E-state index is 5.81. The summed E-state index contributed by atoms with van der Waals surface area (Å²) >= 11 is 7.45. The van der Waals surface area contributed by atoms with Crippen LogP contribution in [0.4, 0.5) is 0 Å². The first-order chi connectivity index (χ1) is 8.35. The summed E-state index contributed by atoms with van der Waals surface area (Å²) in [5, 5.41) is 0. The fourth-order valence-corrected chi connectivity index (χ4v) is 2.58. The van der Waals surface area contributed by atoms with Crippen LogP contribution in [-0.4, -0.2) is 12.1 Å². The molecular formula is C12H12ClNO2S. The Labute approximate surface area is 109 Å². The van der Waals surface area contributed by atoms with Gasteiger partial charge in [0.2, 0.25) is 0 Å². The van der Waals surface area contributed by atoms with E-state index in [9.17, 15) is 0 Å². The number of halogens is 1. The Morgan fingerprint density at radius 3 is 3.00 bits per heavy atom. The van der Waals surface area contributed by atoms with Gasteiger partial charge in [0.05, 0.1) is 35.6 Å². The van der Waals surface area contributed by atoms with Crippen molar-refractivity contribution in [2.24, 2.45) is 0 Å². The van der Waals surface area contributed by atoms with Gasteiger partial charge in [-0.2, -0.15) is 0 Å². The van der Waals surface area contributed by atoms with Crippen LogP contribution >= 0.6 is 23.4 Å². The van der Waals surface area contributed by atoms with E-state index in [0.29, 0.717) is 5.88 Å². The minimum absolute atomic E-state index is 0.346.